The Kier molecular flexibility index (Phi) is 5.75. The summed E-state index contributed by atoms with van der Waals surface area (Å²) in [5.41, 5.74) is 6.96. The van der Waals surface area contributed by atoms with E-state index in [4.69, 9.17) is 15.2 Å². The molecule has 0 unspecified atom stereocenters. The topological polar surface area (TPSA) is 64.8 Å². The van der Waals surface area contributed by atoms with Crippen LogP contribution in [0.25, 0.3) is 0 Å². The zero-order chi connectivity index (χ0) is 17.8. The van der Waals surface area contributed by atoms with Crippen LogP contribution >= 0.6 is 0 Å². The summed E-state index contributed by atoms with van der Waals surface area (Å²) in [5, 5.41) is 0. The molecular weight excluding hydrogens is 304 g/mol. The van der Waals surface area contributed by atoms with E-state index in [-0.39, 0.29) is 11.5 Å². The molecule has 1 heterocycles. The molecule has 2 N–H and O–H groups in total. The number of hydrogen-bond acceptors (Lipinski definition) is 4. The average Bonchev–Trinajstić information content (AvgIpc) is 2.54. The van der Waals surface area contributed by atoms with Crippen LogP contribution in [0.4, 0.5) is 4.79 Å². The van der Waals surface area contributed by atoms with Gasteiger partial charge in [0.15, 0.2) is 0 Å². The molecule has 0 radical (unpaired) electrons. The van der Waals surface area contributed by atoms with Crippen LogP contribution in [-0.2, 0) is 11.2 Å². The average molecular weight is 334 g/mol. The van der Waals surface area contributed by atoms with Crippen molar-refractivity contribution in [2.24, 2.45) is 11.1 Å². The predicted octanol–water partition coefficient (Wildman–Crippen LogP) is 3.21. The Morgan fingerprint density at radius 3 is 2.25 bits per heavy atom. The summed E-state index contributed by atoms with van der Waals surface area (Å²) in [4.78, 5) is 14.0. The van der Waals surface area contributed by atoms with Gasteiger partial charge in [-0.1, -0.05) is 12.1 Å². The summed E-state index contributed by atoms with van der Waals surface area (Å²) in [6, 6.07) is 8.15. The Hall–Kier alpha value is -1.75. The lowest BCUT2D eigenvalue weighted by atomic mass is 9.74. The third-order valence-electron chi connectivity index (χ3n) is 4.65. The highest BCUT2D eigenvalue weighted by molar-refractivity contribution is 5.68. The highest BCUT2D eigenvalue weighted by Crippen LogP contribution is 2.35. The Morgan fingerprint density at radius 2 is 1.79 bits per heavy atom. The molecule has 0 atom stereocenters. The Bertz CT molecular complexity index is 541. The van der Waals surface area contributed by atoms with Crippen molar-refractivity contribution in [3.8, 4) is 5.75 Å². The number of amides is 1. The lowest BCUT2D eigenvalue weighted by Crippen LogP contribution is -2.48. The van der Waals surface area contributed by atoms with Gasteiger partial charge in [-0.3, -0.25) is 0 Å². The maximum absolute atomic E-state index is 12.2. The number of carbonyl (C=O) groups excluding carboxylic acids is 1. The minimum atomic E-state index is -0.456. The summed E-state index contributed by atoms with van der Waals surface area (Å²) >= 11 is 0. The second-order valence-corrected chi connectivity index (χ2v) is 7.70. The highest BCUT2D eigenvalue weighted by Gasteiger charge is 2.36. The molecule has 0 saturated carbocycles. The van der Waals surface area contributed by atoms with E-state index in [1.54, 1.807) is 12.0 Å². The van der Waals surface area contributed by atoms with Crippen molar-refractivity contribution >= 4 is 6.09 Å². The quantitative estimate of drug-likeness (QED) is 0.918. The van der Waals surface area contributed by atoms with Gasteiger partial charge >= 0.3 is 6.09 Å². The van der Waals surface area contributed by atoms with Gasteiger partial charge in [-0.25, -0.2) is 4.79 Å². The second kappa shape index (κ2) is 7.43. The largest absolute Gasteiger partial charge is 0.497 e. The number of piperidine rings is 1. The van der Waals surface area contributed by atoms with E-state index in [0.29, 0.717) is 19.6 Å². The Labute approximate surface area is 145 Å². The van der Waals surface area contributed by atoms with E-state index in [1.165, 1.54) is 5.56 Å². The fourth-order valence-corrected chi connectivity index (χ4v) is 3.12. The van der Waals surface area contributed by atoms with E-state index in [0.717, 1.165) is 25.0 Å². The highest BCUT2D eigenvalue weighted by atomic mass is 16.6. The van der Waals surface area contributed by atoms with Gasteiger partial charge in [0.05, 0.1) is 7.11 Å². The zero-order valence-electron chi connectivity index (χ0n) is 15.3. The first kappa shape index (κ1) is 18.6. The first-order chi connectivity index (χ1) is 11.3. The molecule has 1 aliphatic heterocycles. The fourth-order valence-electron chi connectivity index (χ4n) is 3.12. The molecule has 1 aliphatic rings. The van der Waals surface area contributed by atoms with Gasteiger partial charge in [-0.2, -0.15) is 0 Å². The van der Waals surface area contributed by atoms with Gasteiger partial charge < -0.3 is 20.1 Å². The maximum Gasteiger partial charge on any atom is 0.410 e. The lowest BCUT2D eigenvalue weighted by molar-refractivity contribution is 0.0109. The molecular formula is C19H30N2O3. The minimum Gasteiger partial charge on any atom is -0.497 e. The van der Waals surface area contributed by atoms with Crippen molar-refractivity contribution in [2.45, 2.75) is 45.6 Å². The number of hydrogen-bond donors (Lipinski definition) is 1. The summed E-state index contributed by atoms with van der Waals surface area (Å²) in [6.07, 6.45) is 2.50. The normalized spacial score (nSPS) is 17.5. The van der Waals surface area contributed by atoms with Crippen LogP contribution in [0, 0.1) is 5.41 Å². The Balaban J connectivity index is 1.96. The van der Waals surface area contributed by atoms with Gasteiger partial charge in [0.1, 0.15) is 11.4 Å². The first-order valence-electron chi connectivity index (χ1n) is 8.58. The van der Waals surface area contributed by atoms with Crippen LogP contribution in [0.1, 0.15) is 39.2 Å². The van der Waals surface area contributed by atoms with Crippen molar-refractivity contribution in [1.29, 1.82) is 0 Å². The SMILES string of the molecule is COc1ccc(CC2(CN)CCN(C(=O)OC(C)(C)C)CC2)cc1. The molecule has 24 heavy (non-hydrogen) atoms. The number of nitrogens with two attached hydrogens (primary N) is 1. The van der Waals surface area contributed by atoms with E-state index in [1.807, 2.05) is 32.9 Å². The third kappa shape index (κ3) is 4.87. The number of ether oxygens (including phenoxy) is 2. The molecule has 1 aromatic rings. The summed E-state index contributed by atoms with van der Waals surface area (Å²) in [7, 11) is 1.67. The zero-order valence-corrected chi connectivity index (χ0v) is 15.3. The van der Waals surface area contributed by atoms with Crippen molar-refractivity contribution in [2.75, 3.05) is 26.7 Å². The molecule has 2 rings (SSSR count). The van der Waals surface area contributed by atoms with Gasteiger partial charge in [-0.15, -0.1) is 0 Å². The first-order valence-corrected chi connectivity index (χ1v) is 8.58. The fraction of sp³-hybridized carbons (Fsp3) is 0.632. The summed E-state index contributed by atoms with van der Waals surface area (Å²) in [5.74, 6) is 0.861. The van der Waals surface area contributed by atoms with E-state index >= 15 is 0 Å². The molecule has 0 aliphatic carbocycles. The molecule has 1 saturated heterocycles. The number of benzene rings is 1. The molecule has 1 fully saturated rings. The smallest absolute Gasteiger partial charge is 0.410 e. The van der Waals surface area contributed by atoms with E-state index < -0.39 is 5.60 Å². The van der Waals surface area contributed by atoms with Crippen LogP contribution in [0.3, 0.4) is 0 Å². The van der Waals surface area contributed by atoms with Crippen LogP contribution in [0.15, 0.2) is 24.3 Å². The monoisotopic (exact) mass is 334 g/mol. The van der Waals surface area contributed by atoms with Crippen LogP contribution in [0.2, 0.25) is 0 Å². The second-order valence-electron chi connectivity index (χ2n) is 7.70. The Morgan fingerprint density at radius 1 is 1.21 bits per heavy atom. The van der Waals surface area contributed by atoms with Crippen LogP contribution in [0.5, 0.6) is 5.75 Å². The lowest BCUT2D eigenvalue weighted by Gasteiger charge is -2.41. The molecule has 1 amide bonds. The van der Waals surface area contributed by atoms with Crippen molar-refractivity contribution in [3.63, 3.8) is 0 Å². The molecule has 134 valence electrons. The number of likely N-dealkylation sites (tertiary alicyclic amines) is 1. The summed E-state index contributed by atoms with van der Waals surface area (Å²) < 4.78 is 10.7. The molecule has 5 nitrogen and oxygen atoms in total. The van der Waals surface area contributed by atoms with Crippen molar-refractivity contribution in [3.05, 3.63) is 29.8 Å². The van der Waals surface area contributed by atoms with E-state index in [2.05, 4.69) is 12.1 Å². The maximum atomic E-state index is 12.2. The van der Waals surface area contributed by atoms with Gasteiger partial charge in [-0.05, 0) is 69.7 Å². The predicted molar refractivity (Wildman–Crippen MR) is 95.2 cm³/mol. The number of carbonyl (C=O) groups is 1. The molecule has 5 heteroatoms. The van der Waals surface area contributed by atoms with Crippen LogP contribution in [-0.4, -0.2) is 43.3 Å². The minimum absolute atomic E-state index is 0.0487. The standard InChI is InChI=1S/C19H30N2O3/c1-18(2,3)24-17(22)21-11-9-19(14-20,10-12-21)13-15-5-7-16(23-4)8-6-15/h5-8H,9-14,20H2,1-4H3. The third-order valence-corrected chi connectivity index (χ3v) is 4.65. The number of rotatable bonds is 4. The molecule has 0 bridgehead atoms. The van der Waals surface area contributed by atoms with E-state index in [9.17, 15) is 4.79 Å². The van der Waals surface area contributed by atoms with Crippen molar-refractivity contribution < 1.29 is 14.3 Å². The van der Waals surface area contributed by atoms with Gasteiger partial charge in [0, 0.05) is 13.1 Å². The number of methoxy groups -OCH3 is 1. The van der Waals surface area contributed by atoms with Crippen LogP contribution < -0.4 is 10.5 Å². The molecule has 0 aromatic heterocycles. The molecule has 0 spiro atoms. The number of nitrogens with zero attached hydrogens (tertiary/aromatic N) is 1. The summed E-state index contributed by atoms with van der Waals surface area (Å²) in [6.45, 7) is 7.69. The van der Waals surface area contributed by atoms with Gasteiger partial charge in [0.2, 0.25) is 0 Å². The van der Waals surface area contributed by atoms with Gasteiger partial charge in [0.25, 0.3) is 0 Å². The molecule has 1 aromatic carbocycles. The van der Waals surface area contributed by atoms with Crippen molar-refractivity contribution in [1.82, 2.24) is 4.90 Å².